The number of halogens is 3. The van der Waals surface area contributed by atoms with Gasteiger partial charge in [0.1, 0.15) is 11.9 Å². The van der Waals surface area contributed by atoms with Crippen LogP contribution in [0.15, 0.2) is 24.3 Å². The molecule has 0 aliphatic carbocycles. The highest BCUT2D eigenvalue weighted by Crippen LogP contribution is 2.27. The summed E-state index contributed by atoms with van der Waals surface area (Å²) >= 11 is 0. The number of alkyl halides is 3. The number of hydrogen-bond acceptors (Lipinski definition) is 2. The predicted molar refractivity (Wildman–Crippen MR) is 62.7 cm³/mol. The first-order chi connectivity index (χ1) is 8.54. The van der Waals surface area contributed by atoms with Gasteiger partial charge in [0.05, 0.1) is 0 Å². The Morgan fingerprint density at radius 3 is 2.78 bits per heavy atom. The molecule has 0 aromatic heterocycles. The van der Waals surface area contributed by atoms with E-state index in [0.717, 1.165) is 12.2 Å². The lowest BCUT2D eigenvalue weighted by atomic mass is 10.1. The molecule has 0 bridgehead atoms. The third-order valence-electron chi connectivity index (χ3n) is 2.90. The molecule has 1 heterocycles. The first-order valence-electron chi connectivity index (χ1n) is 6.06. The summed E-state index contributed by atoms with van der Waals surface area (Å²) in [4.78, 5) is 0. The molecule has 1 aliphatic rings. The van der Waals surface area contributed by atoms with Crippen LogP contribution in [0.3, 0.4) is 0 Å². The van der Waals surface area contributed by atoms with Crippen molar-refractivity contribution in [3.8, 4) is 5.75 Å². The second kappa shape index (κ2) is 5.61. The number of ether oxygens (including phenoxy) is 1. The second-order valence-corrected chi connectivity index (χ2v) is 4.47. The van der Waals surface area contributed by atoms with Crippen LogP contribution in [0.2, 0.25) is 0 Å². The molecule has 100 valence electrons. The first-order valence-corrected chi connectivity index (χ1v) is 6.06. The Morgan fingerprint density at radius 2 is 2.06 bits per heavy atom. The van der Waals surface area contributed by atoms with E-state index in [1.165, 1.54) is 5.56 Å². The van der Waals surface area contributed by atoms with Gasteiger partial charge in [-0.25, -0.2) is 0 Å². The minimum atomic E-state index is -4.05. The smallest absolute Gasteiger partial charge is 0.389 e. The Bertz CT molecular complexity index is 367. The molecule has 5 heteroatoms. The third kappa shape index (κ3) is 3.91. The predicted octanol–water partition coefficient (Wildman–Crippen LogP) is 2.92. The standard InChI is InChI=1S/C13H16F3NO/c14-13(15,16)6-3-7-17-9-11-8-10-4-1-2-5-12(10)18-11/h1-2,4-5,11,17H,3,6-9H2. The zero-order valence-electron chi connectivity index (χ0n) is 9.96. The average molecular weight is 259 g/mol. The zero-order valence-corrected chi connectivity index (χ0v) is 9.96. The topological polar surface area (TPSA) is 21.3 Å². The maximum absolute atomic E-state index is 11.9. The fourth-order valence-corrected chi connectivity index (χ4v) is 2.04. The maximum atomic E-state index is 11.9. The van der Waals surface area contributed by atoms with Crippen LogP contribution in [0, 0.1) is 0 Å². The van der Waals surface area contributed by atoms with E-state index in [2.05, 4.69) is 5.32 Å². The van der Waals surface area contributed by atoms with Crippen molar-refractivity contribution in [3.05, 3.63) is 29.8 Å². The molecule has 1 aliphatic heterocycles. The van der Waals surface area contributed by atoms with Gasteiger partial charge in [0.2, 0.25) is 0 Å². The molecule has 0 fully saturated rings. The van der Waals surface area contributed by atoms with Crippen molar-refractivity contribution in [3.63, 3.8) is 0 Å². The Balaban J connectivity index is 1.63. The molecule has 1 atom stereocenters. The molecule has 18 heavy (non-hydrogen) atoms. The van der Waals surface area contributed by atoms with Crippen molar-refractivity contribution in [2.75, 3.05) is 13.1 Å². The van der Waals surface area contributed by atoms with Crippen molar-refractivity contribution in [1.82, 2.24) is 5.32 Å². The lowest BCUT2D eigenvalue weighted by Gasteiger charge is -2.12. The largest absolute Gasteiger partial charge is 0.488 e. The normalized spacial score (nSPS) is 18.5. The van der Waals surface area contributed by atoms with E-state index < -0.39 is 12.6 Å². The first kappa shape index (κ1) is 13.2. The molecular weight excluding hydrogens is 243 g/mol. The summed E-state index contributed by atoms with van der Waals surface area (Å²) in [7, 11) is 0. The van der Waals surface area contributed by atoms with Crippen molar-refractivity contribution in [2.45, 2.75) is 31.5 Å². The number of benzene rings is 1. The van der Waals surface area contributed by atoms with Gasteiger partial charge in [0.25, 0.3) is 0 Å². The third-order valence-corrected chi connectivity index (χ3v) is 2.90. The van der Waals surface area contributed by atoms with Crippen LogP contribution in [0.25, 0.3) is 0 Å². The quantitative estimate of drug-likeness (QED) is 0.821. The van der Waals surface area contributed by atoms with Crippen LogP contribution in [-0.2, 0) is 6.42 Å². The van der Waals surface area contributed by atoms with Gasteiger partial charge in [-0.3, -0.25) is 0 Å². The zero-order chi connectivity index (χ0) is 13.0. The van der Waals surface area contributed by atoms with Crippen molar-refractivity contribution < 1.29 is 17.9 Å². The molecule has 1 aromatic rings. The number of hydrogen-bond donors (Lipinski definition) is 1. The van der Waals surface area contributed by atoms with E-state index in [9.17, 15) is 13.2 Å². The molecule has 0 spiro atoms. The fourth-order valence-electron chi connectivity index (χ4n) is 2.04. The Hall–Kier alpha value is -1.23. The van der Waals surface area contributed by atoms with E-state index in [-0.39, 0.29) is 12.5 Å². The summed E-state index contributed by atoms with van der Waals surface area (Å²) in [6, 6.07) is 7.80. The van der Waals surface area contributed by atoms with Gasteiger partial charge >= 0.3 is 6.18 Å². The summed E-state index contributed by atoms with van der Waals surface area (Å²) in [5.41, 5.74) is 1.17. The van der Waals surface area contributed by atoms with Gasteiger partial charge in [-0.1, -0.05) is 18.2 Å². The highest BCUT2D eigenvalue weighted by atomic mass is 19.4. The van der Waals surface area contributed by atoms with Crippen LogP contribution in [0.5, 0.6) is 5.75 Å². The van der Waals surface area contributed by atoms with E-state index >= 15 is 0 Å². The summed E-state index contributed by atoms with van der Waals surface area (Å²) in [6.07, 6.45) is -3.81. The van der Waals surface area contributed by atoms with Gasteiger partial charge in [-0.15, -0.1) is 0 Å². The molecular formula is C13H16F3NO. The molecule has 0 saturated carbocycles. The summed E-state index contributed by atoms with van der Waals surface area (Å²) in [5.74, 6) is 0.889. The molecule has 1 unspecified atom stereocenters. The van der Waals surface area contributed by atoms with E-state index in [1.54, 1.807) is 0 Å². The SMILES string of the molecule is FC(F)(F)CCCNCC1Cc2ccccc2O1. The molecule has 2 rings (SSSR count). The lowest BCUT2D eigenvalue weighted by molar-refractivity contribution is -0.135. The number of rotatable bonds is 5. The molecule has 1 aromatic carbocycles. The van der Waals surface area contributed by atoms with Gasteiger partial charge in [-0.2, -0.15) is 13.2 Å². The van der Waals surface area contributed by atoms with E-state index in [1.807, 2.05) is 24.3 Å². The second-order valence-electron chi connectivity index (χ2n) is 4.47. The summed E-state index contributed by atoms with van der Waals surface area (Å²) in [5, 5.41) is 3.01. The van der Waals surface area contributed by atoms with Gasteiger partial charge in [0.15, 0.2) is 0 Å². The minimum Gasteiger partial charge on any atom is -0.488 e. The van der Waals surface area contributed by atoms with E-state index in [0.29, 0.717) is 13.1 Å². The van der Waals surface area contributed by atoms with Gasteiger partial charge in [-0.05, 0) is 24.6 Å². The summed E-state index contributed by atoms with van der Waals surface area (Å²) < 4.78 is 41.4. The minimum absolute atomic E-state index is 0.0355. The van der Waals surface area contributed by atoms with Crippen LogP contribution < -0.4 is 10.1 Å². The average Bonchev–Trinajstić information content (AvgIpc) is 2.69. The van der Waals surface area contributed by atoms with Crippen molar-refractivity contribution in [1.29, 1.82) is 0 Å². The summed E-state index contributed by atoms with van der Waals surface area (Å²) in [6.45, 7) is 0.961. The van der Waals surface area contributed by atoms with Crippen molar-refractivity contribution >= 4 is 0 Å². The number of fused-ring (bicyclic) bond motifs is 1. The molecule has 0 saturated heterocycles. The van der Waals surface area contributed by atoms with Gasteiger partial charge < -0.3 is 10.1 Å². The fraction of sp³-hybridized carbons (Fsp3) is 0.538. The van der Waals surface area contributed by atoms with Crippen LogP contribution in [0.1, 0.15) is 18.4 Å². The highest BCUT2D eigenvalue weighted by Gasteiger charge is 2.26. The van der Waals surface area contributed by atoms with Crippen molar-refractivity contribution in [2.24, 2.45) is 0 Å². The van der Waals surface area contributed by atoms with Crippen LogP contribution in [-0.4, -0.2) is 25.4 Å². The van der Waals surface area contributed by atoms with Crippen LogP contribution >= 0.6 is 0 Å². The Morgan fingerprint density at radius 1 is 1.28 bits per heavy atom. The highest BCUT2D eigenvalue weighted by molar-refractivity contribution is 5.37. The molecule has 0 amide bonds. The number of nitrogens with one attached hydrogen (secondary N) is 1. The molecule has 2 nitrogen and oxygen atoms in total. The Labute approximate surface area is 104 Å². The number of para-hydroxylation sites is 1. The molecule has 1 N–H and O–H groups in total. The van der Waals surface area contributed by atoms with Gasteiger partial charge in [0, 0.05) is 19.4 Å². The van der Waals surface area contributed by atoms with Crippen LogP contribution in [0.4, 0.5) is 13.2 Å². The van der Waals surface area contributed by atoms with E-state index in [4.69, 9.17) is 4.74 Å². The Kier molecular flexibility index (Phi) is 4.11. The lowest BCUT2D eigenvalue weighted by Crippen LogP contribution is -2.31. The molecule has 0 radical (unpaired) electrons. The monoisotopic (exact) mass is 259 g/mol. The maximum Gasteiger partial charge on any atom is 0.389 e.